The highest BCUT2D eigenvalue weighted by Crippen LogP contribution is 2.05. The highest BCUT2D eigenvalue weighted by molar-refractivity contribution is 6.17. The van der Waals surface area contributed by atoms with Gasteiger partial charge >= 0.3 is 0 Å². The van der Waals surface area contributed by atoms with Crippen molar-refractivity contribution in [2.45, 2.75) is 71.1 Å². The molecule has 0 aromatic carbocycles. The van der Waals surface area contributed by atoms with Crippen molar-refractivity contribution in [3.63, 3.8) is 0 Å². The van der Waals surface area contributed by atoms with Gasteiger partial charge in [-0.1, -0.05) is 51.9 Å². The number of nitrogens with one attached hydrogen (secondary N) is 1. The minimum Gasteiger partial charge on any atom is -0.317 e. The molecule has 0 bridgehead atoms. The lowest BCUT2D eigenvalue weighted by atomic mass is 10.1. The van der Waals surface area contributed by atoms with Gasteiger partial charge < -0.3 is 5.32 Å². The molecule has 0 amide bonds. The molecule has 0 aromatic rings. The number of hydrogen-bond acceptors (Lipinski definition) is 1. The molecule has 0 fully saturated rings. The summed E-state index contributed by atoms with van der Waals surface area (Å²) < 4.78 is 0. The fraction of sp³-hybridized carbons (Fsp3) is 1.00. The fourth-order valence-corrected chi connectivity index (χ4v) is 2.04. The first-order valence-corrected chi connectivity index (χ1v) is 7.72. The van der Waals surface area contributed by atoms with Gasteiger partial charge in [0.1, 0.15) is 0 Å². The second-order valence-corrected chi connectivity index (χ2v) is 5.00. The van der Waals surface area contributed by atoms with E-state index in [1.807, 2.05) is 0 Å². The molecule has 0 heterocycles. The third kappa shape index (κ3) is 14.2. The number of unbranched alkanes of at least 4 members (excludes halogenated alkanes) is 8. The van der Waals surface area contributed by atoms with E-state index in [1.165, 1.54) is 77.3 Å². The molecule has 0 aromatic heterocycles. The summed E-state index contributed by atoms with van der Waals surface area (Å²) in [4.78, 5) is 0. The lowest BCUT2D eigenvalue weighted by Gasteiger charge is -2.04. The second kappa shape index (κ2) is 15.2. The molecule has 0 aliphatic carbocycles. The monoisotopic (exact) mass is 247 g/mol. The summed E-state index contributed by atoms with van der Waals surface area (Å²) in [5.41, 5.74) is 0. The summed E-state index contributed by atoms with van der Waals surface area (Å²) in [7, 11) is 0. The predicted octanol–water partition coefficient (Wildman–Crippen LogP) is 4.74. The molecule has 0 saturated heterocycles. The average Bonchev–Trinajstić information content (AvgIpc) is 2.31. The van der Waals surface area contributed by atoms with Crippen molar-refractivity contribution in [1.29, 1.82) is 0 Å². The molecule has 98 valence electrons. The highest BCUT2D eigenvalue weighted by Gasteiger charge is 1.91. The molecular weight excluding hydrogens is 218 g/mol. The van der Waals surface area contributed by atoms with Crippen LogP contribution in [0.25, 0.3) is 0 Å². The van der Waals surface area contributed by atoms with Crippen LogP contribution < -0.4 is 5.32 Å². The van der Waals surface area contributed by atoms with Gasteiger partial charge in [-0.05, 0) is 32.4 Å². The number of rotatable bonds is 13. The standard InChI is InChI=1S/C14H30ClN/c1-2-3-4-10-13-16-14-11-8-6-5-7-9-12-15/h16H,2-14H2,1H3. The molecule has 1 nitrogen and oxygen atoms in total. The first kappa shape index (κ1) is 16.2. The zero-order valence-electron chi connectivity index (χ0n) is 11.1. The van der Waals surface area contributed by atoms with Crippen LogP contribution in [0.15, 0.2) is 0 Å². The van der Waals surface area contributed by atoms with E-state index in [4.69, 9.17) is 11.6 Å². The topological polar surface area (TPSA) is 12.0 Å². The van der Waals surface area contributed by atoms with Gasteiger partial charge in [-0.3, -0.25) is 0 Å². The van der Waals surface area contributed by atoms with Gasteiger partial charge in [0.25, 0.3) is 0 Å². The smallest absolute Gasteiger partial charge is 0.0223 e. The Hall–Kier alpha value is 0.250. The number of halogens is 1. The summed E-state index contributed by atoms with van der Waals surface area (Å²) >= 11 is 5.62. The molecule has 1 N–H and O–H groups in total. The molecular formula is C14H30ClN. The van der Waals surface area contributed by atoms with Crippen LogP contribution in [0.1, 0.15) is 71.1 Å². The van der Waals surface area contributed by atoms with Crippen LogP contribution in [0.4, 0.5) is 0 Å². The third-order valence-electron chi connectivity index (χ3n) is 2.94. The van der Waals surface area contributed by atoms with E-state index in [9.17, 15) is 0 Å². The second-order valence-electron chi connectivity index (χ2n) is 4.62. The molecule has 0 rings (SSSR count). The Morgan fingerprint density at radius 3 is 1.75 bits per heavy atom. The lowest BCUT2D eigenvalue weighted by molar-refractivity contribution is 0.552. The maximum absolute atomic E-state index is 5.62. The Balaban J connectivity index is 2.83. The summed E-state index contributed by atoms with van der Waals surface area (Å²) in [6.45, 7) is 4.69. The summed E-state index contributed by atoms with van der Waals surface area (Å²) in [6, 6.07) is 0. The van der Waals surface area contributed by atoms with E-state index in [0.29, 0.717) is 0 Å². The molecule has 0 aliphatic heterocycles. The van der Waals surface area contributed by atoms with Gasteiger partial charge in [-0.15, -0.1) is 11.6 Å². The van der Waals surface area contributed by atoms with Crippen molar-refractivity contribution in [2.24, 2.45) is 0 Å². The zero-order chi connectivity index (χ0) is 11.9. The van der Waals surface area contributed by atoms with Crippen LogP contribution >= 0.6 is 11.6 Å². The zero-order valence-corrected chi connectivity index (χ0v) is 11.8. The molecule has 0 unspecified atom stereocenters. The van der Waals surface area contributed by atoms with Gasteiger partial charge in [0.15, 0.2) is 0 Å². The van der Waals surface area contributed by atoms with E-state index in [0.717, 1.165) is 5.88 Å². The molecule has 2 heteroatoms. The predicted molar refractivity (Wildman–Crippen MR) is 75.4 cm³/mol. The Kier molecular flexibility index (Phi) is 15.5. The maximum Gasteiger partial charge on any atom is 0.0223 e. The minimum absolute atomic E-state index is 0.833. The van der Waals surface area contributed by atoms with Gasteiger partial charge in [0.2, 0.25) is 0 Å². The molecule has 0 atom stereocenters. The number of alkyl halides is 1. The van der Waals surface area contributed by atoms with Crippen LogP contribution in [-0.2, 0) is 0 Å². The minimum atomic E-state index is 0.833. The highest BCUT2D eigenvalue weighted by atomic mass is 35.5. The molecule has 0 aliphatic rings. The third-order valence-corrected chi connectivity index (χ3v) is 3.21. The van der Waals surface area contributed by atoms with Crippen LogP contribution in [0.5, 0.6) is 0 Å². The first-order chi connectivity index (χ1) is 7.91. The van der Waals surface area contributed by atoms with Crippen LogP contribution in [-0.4, -0.2) is 19.0 Å². The van der Waals surface area contributed by atoms with Crippen molar-refractivity contribution in [2.75, 3.05) is 19.0 Å². The number of hydrogen-bond donors (Lipinski definition) is 1. The Morgan fingerprint density at radius 2 is 1.19 bits per heavy atom. The summed E-state index contributed by atoms with van der Waals surface area (Å²) in [5.74, 6) is 0.833. The van der Waals surface area contributed by atoms with E-state index in [-0.39, 0.29) is 0 Å². The normalized spacial score (nSPS) is 10.9. The van der Waals surface area contributed by atoms with Gasteiger partial charge in [0.05, 0.1) is 0 Å². The van der Waals surface area contributed by atoms with Crippen LogP contribution in [0.2, 0.25) is 0 Å². The van der Waals surface area contributed by atoms with E-state index < -0.39 is 0 Å². The Labute approximate surface area is 107 Å². The van der Waals surface area contributed by atoms with Crippen LogP contribution in [0, 0.1) is 0 Å². The van der Waals surface area contributed by atoms with E-state index in [1.54, 1.807) is 0 Å². The molecule has 0 spiro atoms. The fourth-order valence-electron chi connectivity index (χ4n) is 1.85. The Bertz CT molecular complexity index is 103. The van der Waals surface area contributed by atoms with Crippen molar-refractivity contribution in [3.05, 3.63) is 0 Å². The van der Waals surface area contributed by atoms with Gasteiger partial charge in [-0.2, -0.15) is 0 Å². The van der Waals surface area contributed by atoms with E-state index >= 15 is 0 Å². The molecule has 0 radical (unpaired) electrons. The van der Waals surface area contributed by atoms with Crippen molar-refractivity contribution in [1.82, 2.24) is 5.32 Å². The van der Waals surface area contributed by atoms with Crippen molar-refractivity contribution in [3.8, 4) is 0 Å². The van der Waals surface area contributed by atoms with Gasteiger partial charge in [-0.25, -0.2) is 0 Å². The van der Waals surface area contributed by atoms with Gasteiger partial charge in [0, 0.05) is 5.88 Å². The molecule has 0 saturated carbocycles. The van der Waals surface area contributed by atoms with E-state index in [2.05, 4.69) is 12.2 Å². The Morgan fingerprint density at radius 1 is 0.688 bits per heavy atom. The maximum atomic E-state index is 5.62. The summed E-state index contributed by atoms with van der Waals surface area (Å²) in [5, 5.41) is 3.53. The first-order valence-electron chi connectivity index (χ1n) is 7.18. The van der Waals surface area contributed by atoms with Crippen LogP contribution in [0.3, 0.4) is 0 Å². The SMILES string of the molecule is CCCCCCNCCCCCCCCCl. The lowest BCUT2D eigenvalue weighted by Crippen LogP contribution is -2.16. The molecule has 16 heavy (non-hydrogen) atoms. The van der Waals surface area contributed by atoms with Crippen molar-refractivity contribution < 1.29 is 0 Å². The van der Waals surface area contributed by atoms with Crippen molar-refractivity contribution >= 4 is 11.6 Å². The largest absolute Gasteiger partial charge is 0.317 e. The quantitative estimate of drug-likeness (QED) is 0.366. The summed E-state index contributed by atoms with van der Waals surface area (Å²) in [6.07, 6.45) is 13.4. The average molecular weight is 248 g/mol.